The van der Waals surface area contributed by atoms with Crippen LogP contribution in [0.25, 0.3) is 0 Å². The second-order valence-electron chi connectivity index (χ2n) is 5.86. The summed E-state index contributed by atoms with van der Waals surface area (Å²) in [5.74, 6) is 0.182. The van der Waals surface area contributed by atoms with Crippen LogP contribution in [0.15, 0.2) is 48.5 Å². The maximum absolute atomic E-state index is 12.8. The molecule has 0 aliphatic rings. The van der Waals surface area contributed by atoms with Gasteiger partial charge in [-0.15, -0.1) is 0 Å². The number of hydrogen-bond acceptors (Lipinski definition) is 3. The highest BCUT2D eigenvalue weighted by Crippen LogP contribution is 2.18. The zero-order chi connectivity index (χ0) is 17.5. The molecule has 5 heteroatoms. The first kappa shape index (κ1) is 17.9. The second-order valence-corrected chi connectivity index (χ2v) is 5.86. The predicted octanol–water partition coefficient (Wildman–Crippen LogP) is 3.01. The van der Waals surface area contributed by atoms with Crippen molar-refractivity contribution in [1.82, 2.24) is 5.32 Å². The van der Waals surface area contributed by atoms with E-state index in [0.29, 0.717) is 5.56 Å². The highest BCUT2D eigenvalue weighted by molar-refractivity contribution is 5.78. The molecule has 0 bridgehead atoms. The summed E-state index contributed by atoms with van der Waals surface area (Å²) in [6.07, 6.45) is -0.560. The van der Waals surface area contributed by atoms with Gasteiger partial charge in [0.1, 0.15) is 11.6 Å². The smallest absolute Gasteiger partial charge is 0.224 e. The summed E-state index contributed by atoms with van der Waals surface area (Å²) in [5.41, 5.74) is 1.42. The van der Waals surface area contributed by atoms with E-state index >= 15 is 0 Å². The lowest BCUT2D eigenvalue weighted by atomic mass is 10.1. The first-order valence-electron chi connectivity index (χ1n) is 7.90. The van der Waals surface area contributed by atoms with Crippen molar-refractivity contribution in [3.05, 3.63) is 65.5 Å². The van der Waals surface area contributed by atoms with Crippen LogP contribution in [0, 0.1) is 5.82 Å². The van der Waals surface area contributed by atoms with Gasteiger partial charge in [-0.25, -0.2) is 4.39 Å². The topological polar surface area (TPSA) is 58.6 Å². The maximum atomic E-state index is 12.8. The molecule has 0 aliphatic heterocycles. The number of carbonyl (C=O) groups excluding carboxylic acids is 1. The quantitative estimate of drug-likeness (QED) is 0.820. The monoisotopic (exact) mass is 331 g/mol. The van der Waals surface area contributed by atoms with Gasteiger partial charge < -0.3 is 15.2 Å². The molecule has 1 amide bonds. The Balaban J connectivity index is 1.82. The minimum absolute atomic E-state index is 0.0894. The van der Waals surface area contributed by atoms with E-state index in [9.17, 15) is 14.3 Å². The van der Waals surface area contributed by atoms with Crippen LogP contribution in [0.4, 0.5) is 4.39 Å². The minimum Gasteiger partial charge on any atom is -0.491 e. The zero-order valence-electron chi connectivity index (χ0n) is 13.8. The Labute approximate surface area is 141 Å². The Bertz CT molecular complexity index is 653. The Morgan fingerprint density at radius 2 is 1.75 bits per heavy atom. The van der Waals surface area contributed by atoms with Gasteiger partial charge in [0, 0.05) is 6.54 Å². The van der Waals surface area contributed by atoms with Gasteiger partial charge in [-0.3, -0.25) is 4.79 Å². The molecule has 0 aromatic heterocycles. The molecule has 4 nitrogen and oxygen atoms in total. The molecule has 0 saturated heterocycles. The van der Waals surface area contributed by atoms with E-state index in [-0.39, 0.29) is 30.8 Å². The summed E-state index contributed by atoms with van der Waals surface area (Å²) in [4.78, 5) is 11.9. The van der Waals surface area contributed by atoms with Crippen LogP contribution in [-0.4, -0.2) is 23.7 Å². The number of amides is 1. The SMILES string of the molecule is CC(C)Oc1ccc([C@H](O)CNC(=O)Cc2ccc(F)cc2)cc1. The van der Waals surface area contributed by atoms with Crippen molar-refractivity contribution < 1.29 is 19.0 Å². The molecule has 2 aromatic carbocycles. The third-order valence-corrected chi connectivity index (χ3v) is 3.41. The fourth-order valence-electron chi connectivity index (χ4n) is 2.22. The number of benzene rings is 2. The van der Waals surface area contributed by atoms with E-state index in [4.69, 9.17) is 4.74 Å². The number of nitrogens with one attached hydrogen (secondary N) is 1. The molecule has 0 heterocycles. The number of halogens is 1. The van der Waals surface area contributed by atoms with Crippen LogP contribution in [0.5, 0.6) is 5.75 Å². The summed E-state index contributed by atoms with van der Waals surface area (Å²) in [7, 11) is 0. The first-order chi connectivity index (χ1) is 11.4. The molecule has 0 unspecified atom stereocenters. The summed E-state index contributed by atoms with van der Waals surface area (Å²) < 4.78 is 18.4. The molecule has 24 heavy (non-hydrogen) atoms. The summed E-state index contributed by atoms with van der Waals surface area (Å²) in [5, 5.41) is 12.8. The molecule has 0 radical (unpaired) electrons. The van der Waals surface area contributed by atoms with Crippen molar-refractivity contribution in [2.75, 3.05) is 6.54 Å². The van der Waals surface area contributed by atoms with E-state index < -0.39 is 6.10 Å². The average molecular weight is 331 g/mol. The highest BCUT2D eigenvalue weighted by atomic mass is 19.1. The lowest BCUT2D eigenvalue weighted by Crippen LogP contribution is -2.29. The molecule has 0 spiro atoms. The Hall–Kier alpha value is -2.40. The van der Waals surface area contributed by atoms with Gasteiger partial charge in [0.05, 0.1) is 18.6 Å². The fourth-order valence-corrected chi connectivity index (χ4v) is 2.22. The lowest BCUT2D eigenvalue weighted by molar-refractivity contribution is -0.120. The minimum atomic E-state index is -0.796. The van der Waals surface area contributed by atoms with Gasteiger partial charge in [-0.2, -0.15) is 0 Å². The van der Waals surface area contributed by atoms with Crippen LogP contribution in [0.2, 0.25) is 0 Å². The van der Waals surface area contributed by atoms with Gasteiger partial charge in [0.2, 0.25) is 5.91 Å². The van der Waals surface area contributed by atoms with Crippen LogP contribution < -0.4 is 10.1 Å². The average Bonchev–Trinajstić information content (AvgIpc) is 2.55. The van der Waals surface area contributed by atoms with Crippen molar-refractivity contribution >= 4 is 5.91 Å². The first-order valence-corrected chi connectivity index (χ1v) is 7.90. The van der Waals surface area contributed by atoms with Crippen molar-refractivity contribution in [1.29, 1.82) is 0 Å². The second kappa shape index (κ2) is 8.45. The highest BCUT2D eigenvalue weighted by Gasteiger charge is 2.10. The van der Waals surface area contributed by atoms with Crippen LogP contribution in [0.1, 0.15) is 31.1 Å². The standard InChI is InChI=1S/C19H22FNO3/c1-13(2)24-17-9-5-15(6-10-17)18(22)12-21-19(23)11-14-3-7-16(20)8-4-14/h3-10,13,18,22H,11-12H2,1-2H3,(H,21,23)/t18-/m1/s1. The summed E-state index contributed by atoms with van der Waals surface area (Å²) in [6, 6.07) is 12.9. The lowest BCUT2D eigenvalue weighted by Gasteiger charge is -2.14. The number of rotatable bonds is 7. The molecule has 2 N–H and O–H groups in total. The fraction of sp³-hybridized carbons (Fsp3) is 0.316. The largest absolute Gasteiger partial charge is 0.491 e. The van der Waals surface area contributed by atoms with Gasteiger partial charge in [0.15, 0.2) is 0 Å². The molecule has 0 aliphatic carbocycles. The van der Waals surface area contributed by atoms with Gasteiger partial charge in [-0.05, 0) is 49.2 Å². The molecular weight excluding hydrogens is 309 g/mol. The molecular formula is C19H22FNO3. The summed E-state index contributed by atoms with van der Waals surface area (Å²) in [6.45, 7) is 4.00. The van der Waals surface area contributed by atoms with Crippen molar-refractivity contribution in [3.63, 3.8) is 0 Å². The predicted molar refractivity (Wildman–Crippen MR) is 90.3 cm³/mol. The van der Waals surface area contributed by atoms with Crippen molar-refractivity contribution in [2.24, 2.45) is 0 Å². The van der Waals surface area contributed by atoms with E-state index in [0.717, 1.165) is 11.3 Å². The molecule has 0 saturated carbocycles. The number of ether oxygens (including phenoxy) is 1. The van der Waals surface area contributed by atoms with Gasteiger partial charge >= 0.3 is 0 Å². The Kier molecular flexibility index (Phi) is 6.32. The normalized spacial score (nSPS) is 12.0. The Morgan fingerprint density at radius 1 is 1.12 bits per heavy atom. The van der Waals surface area contributed by atoms with Gasteiger partial charge in [-0.1, -0.05) is 24.3 Å². The van der Waals surface area contributed by atoms with Crippen LogP contribution in [-0.2, 0) is 11.2 Å². The van der Waals surface area contributed by atoms with E-state index in [1.165, 1.54) is 12.1 Å². The molecule has 128 valence electrons. The van der Waals surface area contributed by atoms with E-state index in [2.05, 4.69) is 5.32 Å². The van der Waals surface area contributed by atoms with E-state index in [1.54, 1.807) is 36.4 Å². The van der Waals surface area contributed by atoms with E-state index in [1.807, 2.05) is 13.8 Å². The third-order valence-electron chi connectivity index (χ3n) is 3.41. The van der Waals surface area contributed by atoms with Crippen LogP contribution >= 0.6 is 0 Å². The van der Waals surface area contributed by atoms with Gasteiger partial charge in [0.25, 0.3) is 0 Å². The number of hydrogen-bond donors (Lipinski definition) is 2. The molecule has 2 rings (SSSR count). The van der Waals surface area contributed by atoms with Crippen molar-refractivity contribution in [3.8, 4) is 5.75 Å². The molecule has 1 atom stereocenters. The zero-order valence-corrected chi connectivity index (χ0v) is 13.8. The maximum Gasteiger partial charge on any atom is 0.224 e. The van der Waals surface area contributed by atoms with Crippen LogP contribution in [0.3, 0.4) is 0 Å². The number of aliphatic hydroxyl groups excluding tert-OH is 1. The third kappa shape index (κ3) is 5.66. The van der Waals surface area contributed by atoms with Crippen molar-refractivity contribution in [2.45, 2.75) is 32.5 Å². The molecule has 0 fully saturated rings. The Morgan fingerprint density at radius 3 is 2.33 bits per heavy atom. The summed E-state index contributed by atoms with van der Waals surface area (Å²) >= 11 is 0. The molecule has 2 aromatic rings. The number of aliphatic hydroxyl groups is 1. The number of carbonyl (C=O) groups is 1.